The fraction of sp³-hybridized carbons (Fsp3) is 0.400. The predicted molar refractivity (Wildman–Crippen MR) is 111 cm³/mol. The van der Waals surface area contributed by atoms with Gasteiger partial charge in [-0.25, -0.2) is 9.03 Å². The van der Waals surface area contributed by atoms with Crippen LogP contribution in [0.1, 0.15) is 31.2 Å². The van der Waals surface area contributed by atoms with E-state index < -0.39 is 0 Å². The quantitative estimate of drug-likeness (QED) is 0.667. The van der Waals surface area contributed by atoms with E-state index in [2.05, 4.69) is 52.3 Å². The summed E-state index contributed by atoms with van der Waals surface area (Å²) in [6.07, 6.45) is 11.3. The van der Waals surface area contributed by atoms with Crippen molar-refractivity contribution < 1.29 is 0 Å². The first kappa shape index (κ1) is 18.6. The van der Waals surface area contributed by atoms with Gasteiger partial charge in [-0.15, -0.1) is 0 Å². The number of halogens is 1. The third kappa shape index (κ3) is 4.91. The number of anilines is 1. The Morgan fingerprint density at radius 2 is 2.28 bits per heavy atom. The third-order valence-electron chi connectivity index (χ3n) is 4.74. The summed E-state index contributed by atoms with van der Waals surface area (Å²) in [4.78, 5) is 0. The van der Waals surface area contributed by atoms with Gasteiger partial charge in [0.2, 0.25) is 0 Å². The van der Waals surface area contributed by atoms with Crippen LogP contribution in [0.4, 0.5) is 5.69 Å². The van der Waals surface area contributed by atoms with Gasteiger partial charge in [-0.3, -0.25) is 0 Å². The summed E-state index contributed by atoms with van der Waals surface area (Å²) in [5, 5.41) is 4.22. The van der Waals surface area contributed by atoms with E-state index in [0.717, 1.165) is 41.2 Å². The van der Waals surface area contributed by atoms with E-state index in [0.29, 0.717) is 6.04 Å². The van der Waals surface area contributed by atoms with Gasteiger partial charge in [-0.05, 0) is 57.4 Å². The Hall–Kier alpha value is -1.20. The molecule has 0 bridgehead atoms. The van der Waals surface area contributed by atoms with Crippen LogP contribution < -0.4 is 10.0 Å². The number of aryl methyl sites for hydroxylation is 1. The first-order chi connectivity index (χ1) is 12.0. The number of likely N-dealkylation sites (N-methyl/N-ethyl adjacent to an activating group) is 1. The fourth-order valence-electron chi connectivity index (χ4n) is 3.22. The summed E-state index contributed by atoms with van der Waals surface area (Å²) < 4.78 is 5.79. The fourth-order valence-corrected chi connectivity index (χ4v) is 4.23. The zero-order chi connectivity index (χ0) is 17.8. The number of nitrogens with zero attached hydrogens (tertiary/aromatic N) is 1. The number of hydrogen-bond donors (Lipinski definition) is 2. The summed E-state index contributed by atoms with van der Waals surface area (Å²) in [5.41, 5.74) is 4.53. The normalized spacial score (nSPS) is 24.0. The Kier molecular flexibility index (Phi) is 6.29. The van der Waals surface area contributed by atoms with Gasteiger partial charge in [0.25, 0.3) is 0 Å². The van der Waals surface area contributed by atoms with Gasteiger partial charge >= 0.3 is 0 Å². The second-order valence-corrected chi connectivity index (χ2v) is 8.18. The minimum absolute atomic E-state index is 0.268. The van der Waals surface area contributed by atoms with Crippen LogP contribution in [0, 0.1) is 6.92 Å². The van der Waals surface area contributed by atoms with Crippen LogP contribution >= 0.6 is 23.7 Å². The molecule has 2 atom stereocenters. The van der Waals surface area contributed by atoms with Crippen LogP contribution in [0.25, 0.3) is 0 Å². The molecule has 0 aromatic heterocycles. The maximum atomic E-state index is 6.24. The third-order valence-corrected chi connectivity index (χ3v) is 6.13. The number of rotatable bonds is 5. The summed E-state index contributed by atoms with van der Waals surface area (Å²) in [6.45, 7) is 6.30. The van der Waals surface area contributed by atoms with Crippen molar-refractivity contribution >= 4 is 29.4 Å². The van der Waals surface area contributed by atoms with E-state index in [9.17, 15) is 0 Å². The monoisotopic (exact) mass is 375 g/mol. The average molecular weight is 376 g/mol. The van der Waals surface area contributed by atoms with E-state index in [1.165, 1.54) is 12.0 Å². The molecule has 0 saturated carbocycles. The molecule has 0 spiro atoms. The van der Waals surface area contributed by atoms with E-state index in [1.807, 2.05) is 19.1 Å². The number of benzene rings is 1. The summed E-state index contributed by atoms with van der Waals surface area (Å²) >= 11 is 7.91. The largest absolute Gasteiger partial charge is 0.358 e. The van der Waals surface area contributed by atoms with Gasteiger partial charge in [0, 0.05) is 34.6 Å². The van der Waals surface area contributed by atoms with Crippen molar-refractivity contribution in [2.24, 2.45) is 0 Å². The van der Waals surface area contributed by atoms with Gasteiger partial charge < -0.3 is 5.32 Å². The van der Waals surface area contributed by atoms with Gasteiger partial charge in [0.05, 0.1) is 6.04 Å². The second-order valence-electron chi connectivity index (χ2n) is 6.78. The molecule has 1 aliphatic heterocycles. The van der Waals surface area contributed by atoms with Crippen molar-refractivity contribution in [1.29, 1.82) is 0 Å². The van der Waals surface area contributed by atoms with Crippen LogP contribution in [0.2, 0.25) is 5.02 Å². The molecule has 1 aromatic rings. The van der Waals surface area contributed by atoms with Crippen molar-refractivity contribution in [3.63, 3.8) is 0 Å². The summed E-state index contributed by atoms with van der Waals surface area (Å²) in [6, 6.07) is 6.76. The minimum atomic E-state index is 0.268. The smallest absolute Gasteiger partial charge is 0.0620 e. The van der Waals surface area contributed by atoms with Crippen LogP contribution in [0.3, 0.4) is 0 Å². The van der Waals surface area contributed by atoms with E-state index in [1.54, 1.807) is 12.1 Å². The topological polar surface area (TPSA) is 27.3 Å². The van der Waals surface area contributed by atoms with Gasteiger partial charge in [-0.2, -0.15) is 0 Å². The van der Waals surface area contributed by atoms with E-state index in [4.69, 9.17) is 11.6 Å². The number of nitrogens with one attached hydrogen (secondary N) is 2. The molecule has 2 N–H and O–H groups in total. The Morgan fingerprint density at radius 1 is 1.44 bits per heavy atom. The molecule has 1 heterocycles. The lowest BCUT2D eigenvalue weighted by molar-refractivity contribution is 0.360. The highest BCUT2D eigenvalue weighted by Crippen LogP contribution is 2.30. The average Bonchev–Trinajstić information content (AvgIpc) is 2.61. The molecule has 1 aliphatic carbocycles. The molecule has 1 saturated heterocycles. The molecule has 2 aliphatic rings. The SMILES string of the molecule is C=C(Nc1ccc(C)c(Cl)c1)C1CC(CC2=CCCC=C2)NSN1C. The Balaban J connectivity index is 1.62. The highest BCUT2D eigenvalue weighted by atomic mass is 35.5. The molecular weight excluding hydrogens is 350 g/mol. The molecular formula is C20H26ClN3S. The molecule has 3 nitrogen and oxygen atoms in total. The van der Waals surface area contributed by atoms with E-state index >= 15 is 0 Å². The molecule has 25 heavy (non-hydrogen) atoms. The zero-order valence-corrected chi connectivity index (χ0v) is 16.5. The van der Waals surface area contributed by atoms with Gasteiger partial charge in [0.15, 0.2) is 0 Å². The first-order valence-electron chi connectivity index (χ1n) is 8.76. The van der Waals surface area contributed by atoms with Crippen molar-refractivity contribution in [2.45, 2.75) is 44.7 Å². The predicted octanol–water partition coefficient (Wildman–Crippen LogP) is 5.47. The van der Waals surface area contributed by atoms with Crippen molar-refractivity contribution in [3.8, 4) is 0 Å². The lowest BCUT2D eigenvalue weighted by atomic mass is 9.95. The van der Waals surface area contributed by atoms with Gasteiger partial charge in [0.1, 0.15) is 0 Å². The lowest BCUT2D eigenvalue weighted by Crippen LogP contribution is -2.45. The molecule has 2 unspecified atom stereocenters. The molecule has 3 rings (SSSR count). The van der Waals surface area contributed by atoms with Gasteiger partial charge in [-0.1, -0.05) is 48.0 Å². The summed E-state index contributed by atoms with van der Waals surface area (Å²) in [7, 11) is 2.10. The van der Waals surface area contributed by atoms with Crippen molar-refractivity contribution in [2.75, 3.05) is 12.4 Å². The highest BCUT2D eigenvalue weighted by molar-refractivity contribution is 7.95. The maximum Gasteiger partial charge on any atom is 0.0620 e. The summed E-state index contributed by atoms with van der Waals surface area (Å²) in [5.74, 6) is 0. The maximum absolute atomic E-state index is 6.24. The number of hydrogen-bond acceptors (Lipinski definition) is 4. The molecule has 1 fully saturated rings. The Labute approximate surface area is 160 Å². The number of allylic oxidation sites excluding steroid dienone is 3. The van der Waals surface area contributed by atoms with Crippen LogP contribution in [-0.4, -0.2) is 23.4 Å². The lowest BCUT2D eigenvalue weighted by Gasteiger charge is -2.38. The standard InChI is InChI=1S/C20H26ClN3S/c1-14-9-10-17(12-19(14)21)22-15(2)20-13-18(23-25-24(20)3)11-16-7-5-4-6-8-16/h5,7-10,12,18,20,22-23H,2,4,6,11,13H2,1,3H3. The van der Waals surface area contributed by atoms with Crippen LogP contribution in [0.15, 0.2) is 54.3 Å². The Bertz CT molecular complexity index is 698. The van der Waals surface area contributed by atoms with Crippen LogP contribution in [0.5, 0.6) is 0 Å². The highest BCUT2D eigenvalue weighted by Gasteiger charge is 2.29. The zero-order valence-electron chi connectivity index (χ0n) is 14.9. The molecule has 134 valence electrons. The second kappa shape index (κ2) is 8.45. The molecule has 5 heteroatoms. The first-order valence-corrected chi connectivity index (χ1v) is 9.91. The Morgan fingerprint density at radius 3 is 3.00 bits per heavy atom. The minimum Gasteiger partial charge on any atom is -0.358 e. The van der Waals surface area contributed by atoms with Crippen molar-refractivity contribution in [1.82, 2.24) is 9.03 Å². The molecule has 1 aromatic carbocycles. The molecule has 0 radical (unpaired) electrons. The van der Waals surface area contributed by atoms with Crippen molar-refractivity contribution in [3.05, 3.63) is 64.9 Å². The molecule has 0 amide bonds. The van der Waals surface area contributed by atoms with E-state index in [-0.39, 0.29) is 6.04 Å². The van der Waals surface area contributed by atoms with Crippen LogP contribution in [-0.2, 0) is 0 Å².